The molecule has 0 amide bonds. The molecule has 0 saturated heterocycles. The van der Waals surface area contributed by atoms with Gasteiger partial charge in [0.25, 0.3) is 0 Å². The predicted molar refractivity (Wildman–Crippen MR) is 91.6 cm³/mol. The summed E-state index contributed by atoms with van der Waals surface area (Å²) < 4.78 is 0. The Morgan fingerprint density at radius 2 is 1.67 bits per heavy atom. The number of hydrogen-bond acceptors (Lipinski definition) is 2. The number of nitrogens with zero attached hydrogens (tertiary/aromatic N) is 2. The van der Waals surface area contributed by atoms with Crippen molar-refractivity contribution < 1.29 is 0 Å². The van der Waals surface area contributed by atoms with Gasteiger partial charge in [0.05, 0.1) is 5.71 Å². The second kappa shape index (κ2) is 6.50. The van der Waals surface area contributed by atoms with Gasteiger partial charge in [-0.1, -0.05) is 48.5 Å². The number of thiocarbonyl (C=S) groups is 1. The number of hydrazone groups is 1. The second-order valence-corrected chi connectivity index (χ2v) is 5.32. The summed E-state index contributed by atoms with van der Waals surface area (Å²) in [6.07, 6.45) is 2.05. The summed E-state index contributed by atoms with van der Waals surface area (Å²) in [6.45, 7) is 0.856. The third kappa shape index (κ3) is 3.47. The smallest absolute Gasteiger partial charge is 0.194 e. The van der Waals surface area contributed by atoms with E-state index in [0.717, 1.165) is 30.8 Å². The van der Waals surface area contributed by atoms with Crippen LogP contribution in [0.15, 0.2) is 65.8 Å². The molecule has 2 aromatic rings. The highest BCUT2D eigenvalue weighted by atomic mass is 32.1. The number of hydrogen-bond donors (Lipinski definition) is 1. The van der Waals surface area contributed by atoms with Crippen LogP contribution in [0, 0.1) is 0 Å². The molecule has 0 unspecified atom stereocenters. The maximum Gasteiger partial charge on any atom is 0.194 e. The van der Waals surface area contributed by atoms with Gasteiger partial charge in [0.1, 0.15) is 0 Å². The van der Waals surface area contributed by atoms with Crippen molar-refractivity contribution in [3.8, 4) is 0 Å². The average Bonchev–Trinajstić information content (AvgIpc) is 2.57. The molecule has 4 heteroatoms. The van der Waals surface area contributed by atoms with Crippen molar-refractivity contribution in [3.05, 3.63) is 66.2 Å². The van der Waals surface area contributed by atoms with E-state index in [0.29, 0.717) is 5.11 Å². The molecule has 21 heavy (non-hydrogen) atoms. The standard InChI is InChI=1S/C17H17N3S/c21-17(18-15-10-5-2-6-11-15)20-13-7-12-16(19-20)14-8-3-1-4-9-14/h1-6,8-11H,7,12-13H2,(H,18,21). The lowest BCUT2D eigenvalue weighted by Crippen LogP contribution is -2.35. The Balaban J connectivity index is 1.75. The zero-order chi connectivity index (χ0) is 14.5. The van der Waals surface area contributed by atoms with Crippen LogP contribution in [0.5, 0.6) is 0 Å². The Labute approximate surface area is 130 Å². The van der Waals surface area contributed by atoms with E-state index in [4.69, 9.17) is 17.3 Å². The quantitative estimate of drug-likeness (QED) is 0.852. The molecule has 0 saturated carbocycles. The molecule has 3 nitrogen and oxygen atoms in total. The van der Waals surface area contributed by atoms with Crippen molar-refractivity contribution in [2.45, 2.75) is 12.8 Å². The summed E-state index contributed by atoms with van der Waals surface area (Å²) in [7, 11) is 0. The zero-order valence-corrected chi connectivity index (χ0v) is 12.5. The Morgan fingerprint density at radius 3 is 2.38 bits per heavy atom. The van der Waals surface area contributed by atoms with E-state index in [2.05, 4.69) is 17.4 Å². The molecule has 0 aromatic heterocycles. The summed E-state index contributed by atoms with van der Waals surface area (Å²) in [5.74, 6) is 0. The minimum atomic E-state index is 0.648. The molecule has 1 aliphatic heterocycles. The van der Waals surface area contributed by atoms with Gasteiger partial charge in [0.2, 0.25) is 0 Å². The Hall–Kier alpha value is -2.20. The molecular formula is C17H17N3S. The summed E-state index contributed by atoms with van der Waals surface area (Å²) in [4.78, 5) is 0. The molecule has 0 spiro atoms. The largest absolute Gasteiger partial charge is 0.331 e. The highest BCUT2D eigenvalue weighted by Crippen LogP contribution is 2.15. The van der Waals surface area contributed by atoms with Gasteiger partial charge in [-0.2, -0.15) is 5.10 Å². The van der Waals surface area contributed by atoms with Gasteiger partial charge in [-0.05, 0) is 42.8 Å². The lowest BCUT2D eigenvalue weighted by atomic mass is 10.0. The number of para-hydroxylation sites is 1. The van der Waals surface area contributed by atoms with Gasteiger partial charge in [0, 0.05) is 12.2 Å². The van der Waals surface area contributed by atoms with Crippen LogP contribution in [0.25, 0.3) is 0 Å². The Bertz CT molecular complexity index is 638. The third-order valence-corrected chi connectivity index (χ3v) is 3.70. The van der Waals surface area contributed by atoms with Crippen molar-refractivity contribution >= 4 is 28.7 Å². The first-order chi connectivity index (χ1) is 10.3. The monoisotopic (exact) mass is 295 g/mol. The van der Waals surface area contributed by atoms with Crippen LogP contribution in [-0.4, -0.2) is 22.4 Å². The predicted octanol–water partition coefficient (Wildman–Crippen LogP) is 3.88. The lowest BCUT2D eigenvalue weighted by Gasteiger charge is -2.26. The first-order valence-electron chi connectivity index (χ1n) is 7.09. The fraction of sp³-hybridized carbons (Fsp3) is 0.176. The molecular weight excluding hydrogens is 278 g/mol. The molecule has 106 valence electrons. The minimum absolute atomic E-state index is 0.648. The van der Waals surface area contributed by atoms with Gasteiger partial charge in [-0.25, -0.2) is 5.01 Å². The molecule has 1 N–H and O–H groups in total. The Morgan fingerprint density at radius 1 is 1.00 bits per heavy atom. The van der Waals surface area contributed by atoms with Crippen LogP contribution in [0.2, 0.25) is 0 Å². The van der Waals surface area contributed by atoms with Crippen LogP contribution in [-0.2, 0) is 0 Å². The van der Waals surface area contributed by atoms with E-state index in [1.807, 2.05) is 53.5 Å². The molecule has 0 radical (unpaired) electrons. The van der Waals surface area contributed by atoms with Gasteiger partial charge < -0.3 is 5.32 Å². The molecule has 3 rings (SSSR count). The zero-order valence-electron chi connectivity index (χ0n) is 11.7. The number of anilines is 1. The molecule has 1 heterocycles. The topological polar surface area (TPSA) is 27.6 Å². The molecule has 0 bridgehead atoms. The van der Waals surface area contributed by atoms with Gasteiger partial charge in [-0.15, -0.1) is 0 Å². The average molecular weight is 295 g/mol. The SMILES string of the molecule is S=C(Nc1ccccc1)N1CCCC(c2ccccc2)=N1. The molecule has 1 aliphatic rings. The van der Waals surface area contributed by atoms with E-state index in [1.165, 1.54) is 5.56 Å². The maximum absolute atomic E-state index is 5.47. The van der Waals surface area contributed by atoms with Crippen LogP contribution in [0.3, 0.4) is 0 Å². The van der Waals surface area contributed by atoms with Crippen LogP contribution < -0.4 is 5.32 Å². The first-order valence-corrected chi connectivity index (χ1v) is 7.50. The first kappa shape index (κ1) is 13.8. The van der Waals surface area contributed by atoms with Crippen LogP contribution in [0.1, 0.15) is 18.4 Å². The number of benzene rings is 2. The molecule has 2 aromatic carbocycles. The van der Waals surface area contributed by atoms with Gasteiger partial charge >= 0.3 is 0 Å². The summed E-state index contributed by atoms with van der Waals surface area (Å²) >= 11 is 5.47. The minimum Gasteiger partial charge on any atom is -0.331 e. The van der Waals surface area contributed by atoms with Crippen LogP contribution in [0.4, 0.5) is 5.69 Å². The normalized spacial score (nSPS) is 14.5. The van der Waals surface area contributed by atoms with Crippen molar-refractivity contribution in [2.24, 2.45) is 5.10 Å². The summed E-state index contributed by atoms with van der Waals surface area (Å²) in [5.41, 5.74) is 3.26. The van der Waals surface area contributed by atoms with Crippen molar-refractivity contribution in [2.75, 3.05) is 11.9 Å². The van der Waals surface area contributed by atoms with E-state index < -0.39 is 0 Å². The van der Waals surface area contributed by atoms with E-state index in [9.17, 15) is 0 Å². The third-order valence-electron chi connectivity index (χ3n) is 3.39. The van der Waals surface area contributed by atoms with Gasteiger partial charge in [-0.3, -0.25) is 0 Å². The van der Waals surface area contributed by atoms with Crippen LogP contribution >= 0.6 is 12.2 Å². The van der Waals surface area contributed by atoms with E-state index in [-0.39, 0.29) is 0 Å². The number of rotatable bonds is 2. The maximum atomic E-state index is 5.47. The second-order valence-electron chi connectivity index (χ2n) is 4.94. The molecule has 0 fully saturated rings. The summed E-state index contributed by atoms with van der Waals surface area (Å²) in [5, 5.41) is 10.5. The molecule has 0 atom stereocenters. The fourth-order valence-corrected chi connectivity index (χ4v) is 2.58. The highest BCUT2D eigenvalue weighted by Gasteiger charge is 2.16. The Kier molecular flexibility index (Phi) is 4.26. The fourth-order valence-electron chi connectivity index (χ4n) is 2.33. The van der Waals surface area contributed by atoms with Crippen molar-refractivity contribution in [1.29, 1.82) is 0 Å². The van der Waals surface area contributed by atoms with Gasteiger partial charge in [0.15, 0.2) is 5.11 Å². The molecule has 0 aliphatic carbocycles. The van der Waals surface area contributed by atoms with Crippen molar-refractivity contribution in [1.82, 2.24) is 5.01 Å². The highest BCUT2D eigenvalue weighted by molar-refractivity contribution is 7.80. The van der Waals surface area contributed by atoms with E-state index >= 15 is 0 Å². The summed E-state index contributed by atoms with van der Waals surface area (Å²) in [6, 6.07) is 20.2. The lowest BCUT2D eigenvalue weighted by molar-refractivity contribution is 0.424. The number of nitrogens with one attached hydrogen (secondary N) is 1. The van der Waals surface area contributed by atoms with E-state index in [1.54, 1.807) is 0 Å². The van der Waals surface area contributed by atoms with Crippen molar-refractivity contribution in [3.63, 3.8) is 0 Å².